The van der Waals surface area contributed by atoms with Crippen LogP contribution in [0.1, 0.15) is 0 Å². The molecule has 0 saturated carbocycles. The number of nitrogens with two attached hydrogens (primary N) is 2. The smallest absolute Gasteiger partial charge is 0.147 e. The van der Waals surface area contributed by atoms with Gasteiger partial charge in [-0.2, -0.15) is 5.10 Å². The summed E-state index contributed by atoms with van der Waals surface area (Å²) in [5.74, 6) is 0.863. The molecule has 6 nitrogen and oxygen atoms in total. The van der Waals surface area contributed by atoms with E-state index < -0.39 is 0 Å². The Balaban J connectivity index is 2.61. The summed E-state index contributed by atoms with van der Waals surface area (Å²) >= 11 is 0. The van der Waals surface area contributed by atoms with Crippen molar-refractivity contribution in [2.45, 2.75) is 6.54 Å². The molecule has 0 radical (unpaired) electrons. The Morgan fingerprint density at radius 3 is 2.87 bits per heavy atom. The Kier molecular flexibility index (Phi) is 4.38. The summed E-state index contributed by atoms with van der Waals surface area (Å²) in [7, 11) is 4.06. The SMILES string of the molecule is CN(C)CCn1ncc(N)c1NCCN. The molecule has 86 valence electrons. The second kappa shape index (κ2) is 5.57. The highest BCUT2D eigenvalue weighted by molar-refractivity contribution is 5.60. The highest BCUT2D eigenvalue weighted by atomic mass is 15.3. The molecule has 0 aliphatic carbocycles. The van der Waals surface area contributed by atoms with Gasteiger partial charge in [-0.05, 0) is 14.1 Å². The Labute approximate surface area is 90.2 Å². The average molecular weight is 212 g/mol. The van der Waals surface area contributed by atoms with Crippen LogP contribution >= 0.6 is 0 Å². The first-order chi connectivity index (χ1) is 7.15. The molecule has 1 rings (SSSR count). The summed E-state index contributed by atoms with van der Waals surface area (Å²) in [6, 6.07) is 0. The molecule has 15 heavy (non-hydrogen) atoms. The monoisotopic (exact) mass is 212 g/mol. The molecule has 1 heterocycles. The predicted octanol–water partition coefficient (Wildman–Crippen LogP) is -0.602. The third kappa shape index (κ3) is 3.41. The molecule has 5 N–H and O–H groups in total. The van der Waals surface area contributed by atoms with Gasteiger partial charge < -0.3 is 21.7 Å². The molecule has 6 heteroatoms. The van der Waals surface area contributed by atoms with Crippen LogP contribution in [0.4, 0.5) is 11.5 Å². The summed E-state index contributed by atoms with van der Waals surface area (Å²) in [5, 5.41) is 7.37. The summed E-state index contributed by atoms with van der Waals surface area (Å²) in [6.07, 6.45) is 1.66. The molecule has 0 spiro atoms. The van der Waals surface area contributed by atoms with Crippen molar-refractivity contribution >= 4 is 11.5 Å². The van der Waals surface area contributed by atoms with Gasteiger partial charge in [0.1, 0.15) is 5.82 Å². The fraction of sp³-hybridized carbons (Fsp3) is 0.667. The van der Waals surface area contributed by atoms with E-state index in [9.17, 15) is 0 Å². The van der Waals surface area contributed by atoms with Crippen molar-refractivity contribution in [2.24, 2.45) is 5.73 Å². The van der Waals surface area contributed by atoms with Gasteiger partial charge in [0.2, 0.25) is 0 Å². The molecule has 0 fully saturated rings. The van der Waals surface area contributed by atoms with Gasteiger partial charge in [-0.25, -0.2) is 4.68 Å². The minimum absolute atomic E-state index is 0.582. The first-order valence-corrected chi connectivity index (χ1v) is 5.05. The lowest BCUT2D eigenvalue weighted by molar-refractivity contribution is 0.374. The van der Waals surface area contributed by atoms with Crippen LogP contribution in [-0.4, -0.2) is 48.4 Å². The topological polar surface area (TPSA) is 85.1 Å². The molecule has 0 aliphatic rings. The lowest BCUT2D eigenvalue weighted by Crippen LogP contribution is -2.22. The number of hydrogen-bond acceptors (Lipinski definition) is 5. The van der Waals surface area contributed by atoms with Gasteiger partial charge in [0.25, 0.3) is 0 Å². The van der Waals surface area contributed by atoms with E-state index in [4.69, 9.17) is 11.5 Å². The van der Waals surface area contributed by atoms with E-state index in [0.717, 1.165) is 18.9 Å². The van der Waals surface area contributed by atoms with Gasteiger partial charge in [-0.3, -0.25) is 0 Å². The second-order valence-electron chi connectivity index (χ2n) is 3.69. The van der Waals surface area contributed by atoms with Crippen molar-refractivity contribution in [3.63, 3.8) is 0 Å². The quantitative estimate of drug-likeness (QED) is 0.586. The van der Waals surface area contributed by atoms with Crippen LogP contribution < -0.4 is 16.8 Å². The van der Waals surface area contributed by atoms with E-state index in [2.05, 4.69) is 15.3 Å². The van der Waals surface area contributed by atoms with E-state index in [1.54, 1.807) is 6.20 Å². The van der Waals surface area contributed by atoms with Crippen molar-refractivity contribution in [3.8, 4) is 0 Å². The number of hydrogen-bond donors (Lipinski definition) is 3. The van der Waals surface area contributed by atoms with E-state index in [0.29, 0.717) is 18.8 Å². The zero-order valence-corrected chi connectivity index (χ0v) is 9.40. The second-order valence-corrected chi connectivity index (χ2v) is 3.69. The number of anilines is 2. The minimum atomic E-state index is 0.582. The van der Waals surface area contributed by atoms with Crippen LogP contribution in [0.3, 0.4) is 0 Å². The van der Waals surface area contributed by atoms with Crippen LogP contribution in [0.15, 0.2) is 6.20 Å². The molecule has 0 unspecified atom stereocenters. The molecular weight excluding hydrogens is 192 g/mol. The van der Waals surface area contributed by atoms with E-state index in [1.165, 1.54) is 0 Å². The molecule has 0 amide bonds. The lowest BCUT2D eigenvalue weighted by atomic mass is 10.5. The average Bonchev–Trinajstić information content (AvgIpc) is 2.53. The maximum absolute atomic E-state index is 5.79. The Morgan fingerprint density at radius 1 is 1.53 bits per heavy atom. The standard InChI is InChI=1S/C9H20N6/c1-14(2)5-6-15-9(12-4-3-10)8(11)7-13-15/h7,12H,3-6,10-11H2,1-2H3. The molecule has 0 aliphatic heterocycles. The number of aromatic nitrogens is 2. The van der Waals surface area contributed by atoms with Gasteiger partial charge in [-0.1, -0.05) is 0 Å². The maximum Gasteiger partial charge on any atom is 0.147 e. The van der Waals surface area contributed by atoms with Gasteiger partial charge in [0.15, 0.2) is 0 Å². The van der Waals surface area contributed by atoms with Crippen LogP contribution in [-0.2, 0) is 6.54 Å². The first kappa shape index (κ1) is 11.8. The van der Waals surface area contributed by atoms with E-state index in [-0.39, 0.29) is 0 Å². The van der Waals surface area contributed by atoms with Crippen molar-refractivity contribution in [2.75, 3.05) is 44.8 Å². The van der Waals surface area contributed by atoms with Crippen LogP contribution in [0.25, 0.3) is 0 Å². The Hall–Kier alpha value is -1.27. The zero-order valence-electron chi connectivity index (χ0n) is 9.40. The molecule has 0 bridgehead atoms. The highest BCUT2D eigenvalue weighted by Crippen LogP contribution is 2.16. The summed E-state index contributed by atoms with van der Waals surface area (Å²) in [4.78, 5) is 2.10. The minimum Gasteiger partial charge on any atom is -0.394 e. The predicted molar refractivity (Wildman–Crippen MR) is 62.7 cm³/mol. The first-order valence-electron chi connectivity index (χ1n) is 5.05. The summed E-state index contributed by atoms with van der Waals surface area (Å²) in [5.41, 5.74) is 11.9. The lowest BCUT2D eigenvalue weighted by Gasteiger charge is -2.13. The van der Waals surface area contributed by atoms with Crippen LogP contribution in [0.5, 0.6) is 0 Å². The number of likely N-dealkylation sites (N-methyl/N-ethyl adjacent to an activating group) is 1. The Bertz CT molecular complexity index is 293. The number of nitrogen functional groups attached to an aromatic ring is 1. The highest BCUT2D eigenvalue weighted by Gasteiger charge is 2.06. The third-order valence-corrected chi connectivity index (χ3v) is 2.06. The van der Waals surface area contributed by atoms with Crippen LogP contribution in [0.2, 0.25) is 0 Å². The van der Waals surface area contributed by atoms with Gasteiger partial charge in [0.05, 0.1) is 18.4 Å². The molecule has 1 aromatic rings. The fourth-order valence-electron chi connectivity index (χ4n) is 1.25. The van der Waals surface area contributed by atoms with Crippen molar-refractivity contribution in [1.29, 1.82) is 0 Å². The third-order valence-electron chi connectivity index (χ3n) is 2.06. The molecule has 0 atom stereocenters. The maximum atomic E-state index is 5.79. The number of nitrogens with one attached hydrogen (secondary N) is 1. The Morgan fingerprint density at radius 2 is 2.27 bits per heavy atom. The van der Waals surface area contributed by atoms with E-state index >= 15 is 0 Å². The summed E-state index contributed by atoms with van der Waals surface area (Å²) in [6.45, 7) is 3.03. The van der Waals surface area contributed by atoms with Gasteiger partial charge in [0, 0.05) is 19.6 Å². The van der Waals surface area contributed by atoms with E-state index in [1.807, 2.05) is 18.8 Å². The fourth-order valence-corrected chi connectivity index (χ4v) is 1.25. The van der Waals surface area contributed by atoms with Crippen molar-refractivity contribution in [3.05, 3.63) is 6.20 Å². The zero-order chi connectivity index (χ0) is 11.3. The van der Waals surface area contributed by atoms with Crippen molar-refractivity contribution < 1.29 is 0 Å². The molecule has 0 aromatic carbocycles. The normalized spacial score (nSPS) is 10.9. The number of rotatable bonds is 6. The molecular formula is C9H20N6. The molecule has 1 aromatic heterocycles. The molecule has 0 saturated heterocycles. The van der Waals surface area contributed by atoms with Crippen molar-refractivity contribution in [1.82, 2.24) is 14.7 Å². The largest absolute Gasteiger partial charge is 0.394 e. The van der Waals surface area contributed by atoms with Gasteiger partial charge in [-0.15, -0.1) is 0 Å². The van der Waals surface area contributed by atoms with Gasteiger partial charge >= 0.3 is 0 Å². The van der Waals surface area contributed by atoms with Crippen LogP contribution in [0, 0.1) is 0 Å². The number of nitrogens with zero attached hydrogens (tertiary/aromatic N) is 3. The summed E-state index contributed by atoms with van der Waals surface area (Å²) < 4.78 is 1.87.